The van der Waals surface area contributed by atoms with E-state index in [-0.39, 0.29) is 34.7 Å². The first-order valence-corrected chi connectivity index (χ1v) is 9.66. The molecule has 10 heteroatoms. The van der Waals surface area contributed by atoms with E-state index >= 15 is 0 Å². The fourth-order valence-electron chi connectivity index (χ4n) is 3.49. The number of rotatable bonds is 5. The van der Waals surface area contributed by atoms with Crippen LogP contribution in [0.3, 0.4) is 0 Å². The highest BCUT2D eigenvalue weighted by atomic mass is 19.1. The van der Waals surface area contributed by atoms with Gasteiger partial charge in [0.25, 0.3) is 5.91 Å². The number of carbonyl (C=O) groups excluding carboxylic acids is 1. The van der Waals surface area contributed by atoms with Crippen molar-refractivity contribution < 1.29 is 27.8 Å². The second-order valence-electron chi connectivity index (χ2n) is 7.15. The van der Waals surface area contributed by atoms with Gasteiger partial charge in [-0.2, -0.15) is 0 Å². The standard InChI is InChI=1S/C22H16F2N4O4/c23-13-5-3-12(4-6-13)19-21(27-22(30)17-2-1-7-32-17)28(14-10-31-11-14)20(26-19)18-15(24)8-25-9-16(18)29/h1-9,14,29H,10-11H2,(H,27,30). The van der Waals surface area contributed by atoms with Crippen LogP contribution in [-0.2, 0) is 4.74 Å². The van der Waals surface area contributed by atoms with E-state index in [4.69, 9.17) is 9.15 Å². The number of nitrogens with zero attached hydrogens (tertiary/aromatic N) is 3. The molecule has 0 spiro atoms. The highest BCUT2D eigenvalue weighted by molar-refractivity contribution is 6.04. The van der Waals surface area contributed by atoms with E-state index in [1.54, 1.807) is 10.6 Å². The Hall–Kier alpha value is -4.05. The van der Waals surface area contributed by atoms with Crippen LogP contribution in [0.4, 0.5) is 14.6 Å². The Morgan fingerprint density at radius 3 is 2.56 bits per heavy atom. The number of anilines is 1. The molecule has 2 N–H and O–H groups in total. The van der Waals surface area contributed by atoms with Crippen molar-refractivity contribution in [1.82, 2.24) is 14.5 Å². The number of aromatic hydroxyl groups is 1. The molecule has 0 radical (unpaired) electrons. The fraction of sp³-hybridized carbons (Fsp3) is 0.136. The molecule has 0 bridgehead atoms. The number of ether oxygens (including phenoxy) is 1. The number of carbonyl (C=O) groups is 1. The average Bonchev–Trinajstić information content (AvgIpc) is 3.38. The second-order valence-corrected chi connectivity index (χ2v) is 7.15. The Morgan fingerprint density at radius 1 is 1.16 bits per heavy atom. The van der Waals surface area contributed by atoms with E-state index in [1.807, 2.05) is 0 Å². The van der Waals surface area contributed by atoms with Crippen LogP contribution in [0, 0.1) is 11.6 Å². The molecule has 1 aromatic carbocycles. The van der Waals surface area contributed by atoms with Crippen LogP contribution in [0.1, 0.15) is 16.6 Å². The van der Waals surface area contributed by atoms with Gasteiger partial charge in [0, 0.05) is 5.56 Å². The van der Waals surface area contributed by atoms with E-state index in [2.05, 4.69) is 15.3 Å². The number of pyridine rings is 1. The number of hydrogen-bond donors (Lipinski definition) is 2. The molecule has 4 heterocycles. The molecule has 1 aliphatic heterocycles. The Kier molecular flexibility index (Phi) is 4.91. The molecule has 8 nitrogen and oxygen atoms in total. The predicted octanol–water partition coefficient (Wildman–Crippen LogP) is 4.01. The number of imidazole rings is 1. The van der Waals surface area contributed by atoms with Gasteiger partial charge >= 0.3 is 0 Å². The second kappa shape index (κ2) is 7.89. The van der Waals surface area contributed by atoms with Gasteiger partial charge in [0.05, 0.1) is 43.5 Å². The summed E-state index contributed by atoms with van der Waals surface area (Å²) in [6, 6.07) is 8.28. The monoisotopic (exact) mass is 438 g/mol. The first kappa shape index (κ1) is 19.9. The smallest absolute Gasteiger partial charge is 0.292 e. The van der Waals surface area contributed by atoms with Crippen LogP contribution in [-0.4, -0.2) is 38.8 Å². The van der Waals surface area contributed by atoms with Crippen LogP contribution in [0.15, 0.2) is 59.5 Å². The largest absolute Gasteiger partial charge is 0.505 e. The molecule has 0 aliphatic carbocycles. The van der Waals surface area contributed by atoms with Crippen molar-refractivity contribution in [3.8, 4) is 28.4 Å². The lowest BCUT2D eigenvalue weighted by Crippen LogP contribution is -2.32. The van der Waals surface area contributed by atoms with Gasteiger partial charge in [-0.15, -0.1) is 0 Å². The Labute approximate surface area is 180 Å². The summed E-state index contributed by atoms with van der Waals surface area (Å²) in [7, 11) is 0. The fourth-order valence-corrected chi connectivity index (χ4v) is 3.49. The van der Waals surface area contributed by atoms with E-state index in [0.29, 0.717) is 18.8 Å². The minimum Gasteiger partial charge on any atom is -0.505 e. The van der Waals surface area contributed by atoms with Crippen molar-refractivity contribution in [2.24, 2.45) is 0 Å². The van der Waals surface area contributed by atoms with Crippen molar-refractivity contribution in [2.45, 2.75) is 6.04 Å². The molecule has 0 unspecified atom stereocenters. The Bertz CT molecular complexity index is 1260. The molecule has 0 saturated carbocycles. The summed E-state index contributed by atoms with van der Waals surface area (Å²) >= 11 is 0. The molecular weight excluding hydrogens is 422 g/mol. The SMILES string of the molecule is O=C(Nc1c(-c2ccc(F)cc2)nc(-c2c(O)cncc2F)n1C1COC1)c1ccco1. The van der Waals surface area contributed by atoms with Gasteiger partial charge in [-0.05, 0) is 36.4 Å². The van der Waals surface area contributed by atoms with E-state index in [1.165, 1.54) is 36.6 Å². The highest BCUT2D eigenvalue weighted by Crippen LogP contribution is 2.41. The van der Waals surface area contributed by atoms with Gasteiger partial charge in [-0.3, -0.25) is 9.78 Å². The van der Waals surface area contributed by atoms with Crippen molar-refractivity contribution >= 4 is 11.7 Å². The van der Waals surface area contributed by atoms with Crippen LogP contribution in [0.5, 0.6) is 5.75 Å². The van der Waals surface area contributed by atoms with Gasteiger partial charge in [-0.1, -0.05) is 0 Å². The third-order valence-corrected chi connectivity index (χ3v) is 5.09. The summed E-state index contributed by atoms with van der Waals surface area (Å²) in [4.78, 5) is 21.0. The normalized spacial score (nSPS) is 13.7. The number of nitrogens with one attached hydrogen (secondary N) is 1. The average molecular weight is 438 g/mol. The van der Waals surface area contributed by atoms with Crippen LogP contribution in [0.2, 0.25) is 0 Å². The number of hydrogen-bond acceptors (Lipinski definition) is 6. The number of amides is 1. The number of halogens is 2. The molecule has 3 aromatic heterocycles. The van der Waals surface area contributed by atoms with Crippen molar-refractivity contribution in [2.75, 3.05) is 18.5 Å². The van der Waals surface area contributed by atoms with E-state index in [0.717, 1.165) is 12.4 Å². The topological polar surface area (TPSA) is 102 Å². The number of aromatic nitrogens is 3. The Balaban J connectivity index is 1.74. The van der Waals surface area contributed by atoms with Crippen molar-refractivity contribution in [1.29, 1.82) is 0 Å². The summed E-state index contributed by atoms with van der Waals surface area (Å²) in [5, 5.41) is 13.1. The third-order valence-electron chi connectivity index (χ3n) is 5.09. The summed E-state index contributed by atoms with van der Waals surface area (Å²) < 4.78 is 40.3. The zero-order valence-electron chi connectivity index (χ0n) is 16.5. The van der Waals surface area contributed by atoms with Gasteiger partial charge in [0.15, 0.2) is 11.6 Å². The van der Waals surface area contributed by atoms with E-state index in [9.17, 15) is 18.7 Å². The quantitative estimate of drug-likeness (QED) is 0.488. The van der Waals surface area contributed by atoms with E-state index < -0.39 is 23.3 Å². The molecule has 32 heavy (non-hydrogen) atoms. The van der Waals surface area contributed by atoms with Crippen molar-refractivity contribution in [3.63, 3.8) is 0 Å². The van der Waals surface area contributed by atoms with Gasteiger partial charge in [-0.25, -0.2) is 13.8 Å². The molecule has 4 aromatic rings. The van der Waals surface area contributed by atoms with Crippen LogP contribution >= 0.6 is 0 Å². The number of furan rings is 1. The Morgan fingerprint density at radius 2 is 1.94 bits per heavy atom. The molecule has 1 aliphatic rings. The molecule has 1 saturated heterocycles. The summed E-state index contributed by atoms with van der Waals surface area (Å²) in [5.41, 5.74) is 0.575. The minimum absolute atomic E-state index is 0.0622. The van der Waals surface area contributed by atoms with Gasteiger partial charge in [0.1, 0.15) is 28.9 Å². The predicted molar refractivity (Wildman–Crippen MR) is 109 cm³/mol. The molecule has 1 fully saturated rings. The number of benzene rings is 1. The maximum Gasteiger partial charge on any atom is 0.292 e. The summed E-state index contributed by atoms with van der Waals surface area (Å²) in [6.45, 7) is 0.590. The summed E-state index contributed by atoms with van der Waals surface area (Å²) in [6.07, 6.45) is 3.43. The molecule has 162 valence electrons. The zero-order valence-corrected chi connectivity index (χ0v) is 16.5. The third kappa shape index (κ3) is 3.40. The first-order valence-electron chi connectivity index (χ1n) is 9.66. The maximum absolute atomic E-state index is 14.7. The molecule has 5 rings (SSSR count). The molecular formula is C22H16F2N4O4. The first-order chi connectivity index (χ1) is 15.5. The lowest BCUT2D eigenvalue weighted by molar-refractivity contribution is -0.0218. The maximum atomic E-state index is 14.7. The molecule has 0 atom stereocenters. The lowest BCUT2D eigenvalue weighted by Gasteiger charge is -2.30. The zero-order chi connectivity index (χ0) is 22.2. The minimum atomic E-state index is -0.786. The highest BCUT2D eigenvalue weighted by Gasteiger charge is 2.32. The van der Waals surface area contributed by atoms with Gasteiger partial charge in [0.2, 0.25) is 0 Å². The lowest BCUT2D eigenvalue weighted by atomic mass is 10.1. The molecule has 1 amide bonds. The van der Waals surface area contributed by atoms with Crippen LogP contribution in [0.25, 0.3) is 22.6 Å². The van der Waals surface area contributed by atoms with Gasteiger partial charge < -0.3 is 24.1 Å². The van der Waals surface area contributed by atoms with Crippen LogP contribution < -0.4 is 5.32 Å². The summed E-state index contributed by atoms with van der Waals surface area (Å²) in [5.74, 6) is -1.82. The van der Waals surface area contributed by atoms with Crippen molar-refractivity contribution in [3.05, 3.63) is 72.4 Å².